The van der Waals surface area contributed by atoms with Gasteiger partial charge in [-0.05, 0) is 36.5 Å². The monoisotopic (exact) mass is 226 g/mol. The lowest BCUT2D eigenvalue weighted by Gasteiger charge is -2.11. The Kier molecular flexibility index (Phi) is 2.91. The highest BCUT2D eigenvalue weighted by atomic mass is 35.5. The first-order chi connectivity index (χ1) is 7.13. The largest absolute Gasteiger partial charge is 0.496 e. The van der Waals surface area contributed by atoms with Gasteiger partial charge in [0.25, 0.3) is 0 Å². The van der Waals surface area contributed by atoms with Crippen molar-refractivity contribution in [2.24, 2.45) is 0 Å². The minimum atomic E-state index is -1.56. The van der Waals surface area contributed by atoms with Crippen molar-refractivity contribution < 1.29 is 14.8 Å². The van der Waals surface area contributed by atoms with Gasteiger partial charge in [-0.3, -0.25) is 0 Å². The quantitative estimate of drug-likeness (QED) is 0.753. The summed E-state index contributed by atoms with van der Waals surface area (Å²) in [5.41, 5.74) is 1.35. The Hall–Kier alpha value is -0.705. The van der Waals surface area contributed by atoms with Gasteiger partial charge in [0.15, 0.2) is 0 Å². The van der Waals surface area contributed by atoms with Crippen molar-refractivity contribution in [3.05, 3.63) is 22.7 Å². The van der Waals surface area contributed by atoms with E-state index >= 15 is 0 Å². The Balaban J connectivity index is 2.45. The highest BCUT2D eigenvalue weighted by Gasteiger charge is 2.29. The number of ether oxygens (including phenoxy) is 1. The fourth-order valence-corrected chi connectivity index (χ4v) is 1.94. The number of hydrogen-bond donors (Lipinski definition) is 2. The van der Waals surface area contributed by atoms with Crippen LogP contribution < -0.4 is 10.2 Å². The Bertz CT molecular complexity index is 377. The minimum absolute atomic E-state index is 0.290. The van der Waals surface area contributed by atoms with Crippen LogP contribution in [0.25, 0.3) is 0 Å². The summed E-state index contributed by atoms with van der Waals surface area (Å²) in [5, 5.41) is 18.6. The molecule has 5 heteroatoms. The van der Waals surface area contributed by atoms with Crippen molar-refractivity contribution in [2.45, 2.75) is 18.8 Å². The summed E-state index contributed by atoms with van der Waals surface area (Å²) in [7, 11) is 0.0162. The molecule has 0 aliphatic heterocycles. The summed E-state index contributed by atoms with van der Waals surface area (Å²) in [6, 6.07) is 3.37. The van der Waals surface area contributed by atoms with Crippen molar-refractivity contribution in [1.29, 1.82) is 0 Å². The fraction of sp³-hybridized carbons (Fsp3) is 0.400. The van der Waals surface area contributed by atoms with Crippen LogP contribution in [-0.4, -0.2) is 24.3 Å². The average molecular weight is 226 g/mol. The molecule has 1 aromatic rings. The summed E-state index contributed by atoms with van der Waals surface area (Å²) in [6.45, 7) is 0. The van der Waals surface area contributed by atoms with Gasteiger partial charge in [0.2, 0.25) is 0 Å². The first kappa shape index (κ1) is 10.8. The molecule has 0 heterocycles. The van der Waals surface area contributed by atoms with E-state index in [0.717, 1.165) is 18.4 Å². The van der Waals surface area contributed by atoms with Gasteiger partial charge in [0.1, 0.15) is 5.75 Å². The Labute approximate surface area is 93.8 Å². The molecule has 0 atom stereocenters. The number of halogens is 1. The molecule has 3 nitrogen and oxygen atoms in total. The second-order valence-corrected chi connectivity index (χ2v) is 4.17. The Morgan fingerprint density at radius 2 is 2.07 bits per heavy atom. The maximum atomic E-state index is 9.09. The number of rotatable bonds is 3. The van der Waals surface area contributed by atoms with Crippen LogP contribution in [0.5, 0.6) is 5.75 Å². The summed E-state index contributed by atoms with van der Waals surface area (Å²) >= 11 is 5.95. The van der Waals surface area contributed by atoms with Gasteiger partial charge in [-0.2, -0.15) is 0 Å². The van der Waals surface area contributed by atoms with Crippen molar-refractivity contribution >= 4 is 24.2 Å². The van der Waals surface area contributed by atoms with Gasteiger partial charge in [0.05, 0.1) is 7.11 Å². The summed E-state index contributed by atoms with van der Waals surface area (Å²) in [5.74, 6) is 1.20. The van der Waals surface area contributed by atoms with Crippen LogP contribution in [0, 0.1) is 0 Å². The van der Waals surface area contributed by atoms with Crippen LogP contribution in [-0.2, 0) is 0 Å². The van der Waals surface area contributed by atoms with Crippen molar-refractivity contribution in [1.82, 2.24) is 0 Å². The third-order valence-corrected chi connectivity index (χ3v) is 2.97. The molecule has 1 fully saturated rings. The van der Waals surface area contributed by atoms with E-state index in [0.29, 0.717) is 16.7 Å². The molecule has 0 spiro atoms. The summed E-state index contributed by atoms with van der Waals surface area (Å²) < 4.78 is 5.21. The van der Waals surface area contributed by atoms with E-state index < -0.39 is 7.12 Å². The molecule has 0 saturated heterocycles. The lowest BCUT2D eigenvalue weighted by atomic mass is 9.79. The van der Waals surface area contributed by atoms with E-state index in [1.807, 2.05) is 0 Å². The maximum Gasteiger partial charge on any atom is 0.490 e. The average Bonchev–Trinajstić information content (AvgIpc) is 3.00. The van der Waals surface area contributed by atoms with E-state index in [1.165, 1.54) is 0 Å². The SMILES string of the molecule is COc1cc(B(O)O)c(Cl)cc1C1CC1. The standard InChI is InChI=1S/C10H12BClO3/c1-15-10-5-8(11(13)14)9(12)4-7(10)6-2-3-6/h4-6,13-14H,2-3H2,1H3. The predicted molar refractivity (Wildman–Crippen MR) is 59.8 cm³/mol. The molecule has 15 heavy (non-hydrogen) atoms. The summed E-state index contributed by atoms with van der Waals surface area (Å²) in [6.07, 6.45) is 2.29. The smallest absolute Gasteiger partial charge is 0.490 e. The first-order valence-corrected chi connectivity index (χ1v) is 5.24. The van der Waals surface area contributed by atoms with Crippen molar-refractivity contribution in [2.75, 3.05) is 7.11 Å². The highest BCUT2D eigenvalue weighted by molar-refractivity contribution is 6.62. The van der Waals surface area contributed by atoms with Crippen LogP contribution in [0.2, 0.25) is 5.02 Å². The molecule has 0 amide bonds. The van der Waals surface area contributed by atoms with Gasteiger partial charge in [-0.1, -0.05) is 11.6 Å². The normalized spacial score (nSPS) is 15.2. The molecule has 0 bridgehead atoms. The zero-order chi connectivity index (χ0) is 11.0. The van der Waals surface area contributed by atoms with E-state index in [4.69, 9.17) is 26.4 Å². The minimum Gasteiger partial charge on any atom is -0.496 e. The highest BCUT2D eigenvalue weighted by Crippen LogP contribution is 2.44. The van der Waals surface area contributed by atoms with Gasteiger partial charge in [-0.15, -0.1) is 0 Å². The lowest BCUT2D eigenvalue weighted by Crippen LogP contribution is -2.31. The number of methoxy groups -OCH3 is 1. The Morgan fingerprint density at radius 3 is 2.53 bits per heavy atom. The first-order valence-electron chi connectivity index (χ1n) is 4.87. The predicted octanol–water partition coefficient (Wildman–Crippen LogP) is 0.906. The zero-order valence-electron chi connectivity index (χ0n) is 8.40. The number of benzene rings is 1. The molecule has 0 aromatic heterocycles. The van der Waals surface area contributed by atoms with Crippen LogP contribution >= 0.6 is 11.6 Å². The second kappa shape index (κ2) is 4.04. The molecule has 2 N–H and O–H groups in total. The molecular weight excluding hydrogens is 214 g/mol. The van der Waals surface area contributed by atoms with Gasteiger partial charge >= 0.3 is 7.12 Å². The van der Waals surface area contributed by atoms with Crippen LogP contribution in [0.1, 0.15) is 24.3 Å². The van der Waals surface area contributed by atoms with E-state index in [-0.39, 0.29) is 5.46 Å². The Morgan fingerprint density at radius 1 is 1.40 bits per heavy atom. The molecule has 2 rings (SSSR count). The van der Waals surface area contributed by atoms with Crippen LogP contribution in [0.3, 0.4) is 0 Å². The molecule has 0 radical (unpaired) electrons. The van der Waals surface area contributed by atoms with Crippen LogP contribution in [0.15, 0.2) is 12.1 Å². The maximum absolute atomic E-state index is 9.09. The third-order valence-electron chi connectivity index (χ3n) is 2.64. The molecular formula is C10H12BClO3. The second-order valence-electron chi connectivity index (χ2n) is 3.76. The molecule has 1 saturated carbocycles. The molecule has 1 aliphatic rings. The number of hydrogen-bond acceptors (Lipinski definition) is 3. The topological polar surface area (TPSA) is 49.7 Å². The lowest BCUT2D eigenvalue weighted by molar-refractivity contribution is 0.407. The van der Waals surface area contributed by atoms with Crippen molar-refractivity contribution in [3.8, 4) is 5.75 Å². The fourth-order valence-electron chi connectivity index (χ4n) is 1.67. The summed E-state index contributed by atoms with van der Waals surface area (Å²) in [4.78, 5) is 0. The van der Waals surface area contributed by atoms with E-state index in [1.54, 1.807) is 19.2 Å². The van der Waals surface area contributed by atoms with Gasteiger partial charge in [-0.25, -0.2) is 0 Å². The van der Waals surface area contributed by atoms with Crippen LogP contribution in [0.4, 0.5) is 0 Å². The van der Waals surface area contributed by atoms with E-state index in [2.05, 4.69) is 0 Å². The molecule has 0 unspecified atom stereocenters. The zero-order valence-corrected chi connectivity index (χ0v) is 9.16. The molecule has 1 aliphatic carbocycles. The molecule has 1 aromatic carbocycles. The van der Waals surface area contributed by atoms with Gasteiger partial charge in [0, 0.05) is 10.5 Å². The molecule has 80 valence electrons. The van der Waals surface area contributed by atoms with Crippen molar-refractivity contribution in [3.63, 3.8) is 0 Å². The third kappa shape index (κ3) is 2.12. The van der Waals surface area contributed by atoms with Gasteiger partial charge < -0.3 is 14.8 Å². The van der Waals surface area contributed by atoms with E-state index in [9.17, 15) is 0 Å².